The van der Waals surface area contributed by atoms with E-state index in [1.54, 1.807) is 19.2 Å². The molecular formula is C21H29F3N6O. The van der Waals surface area contributed by atoms with Gasteiger partial charge in [0, 0.05) is 38.1 Å². The van der Waals surface area contributed by atoms with Crippen LogP contribution in [0, 0.1) is 0 Å². The van der Waals surface area contributed by atoms with Crippen LogP contribution in [0.25, 0.3) is 0 Å². The maximum absolute atomic E-state index is 12.7. The third-order valence-electron chi connectivity index (χ3n) is 5.05. The van der Waals surface area contributed by atoms with Gasteiger partial charge in [-0.05, 0) is 24.1 Å². The molecule has 1 aromatic heterocycles. The molecule has 1 aliphatic heterocycles. The second-order valence-electron chi connectivity index (χ2n) is 8.75. The molecular weight excluding hydrogens is 409 g/mol. The van der Waals surface area contributed by atoms with Crippen molar-refractivity contribution in [2.75, 3.05) is 20.1 Å². The Balaban J connectivity index is 1.46. The average Bonchev–Trinajstić information content (AvgIpc) is 3.34. The molecule has 0 saturated carbocycles. The molecule has 1 fully saturated rings. The van der Waals surface area contributed by atoms with Crippen molar-refractivity contribution in [3.05, 3.63) is 47.1 Å². The number of nitrogens with zero attached hydrogens (tertiary/aromatic N) is 4. The number of rotatable bonds is 5. The first-order valence-electron chi connectivity index (χ1n) is 10.2. The molecule has 2 heterocycles. The summed E-state index contributed by atoms with van der Waals surface area (Å²) in [4.78, 5) is 10.9. The minimum atomic E-state index is -4.31. The van der Waals surface area contributed by atoms with E-state index in [1.807, 2.05) is 20.8 Å². The zero-order chi connectivity index (χ0) is 22.6. The second kappa shape index (κ2) is 9.25. The zero-order valence-electron chi connectivity index (χ0n) is 18.3. The summed E-state index contributed by atoms with van der Waals surface area (Å²) in [5, 5.41) is 10.6. The molecule has 1 aliphatic rings. The molecule has 0 spiro atoms. The summed E-state index contributed by atoms with van der Waals surface area (Å²) in [7, 11) is 1.70. The number of aromatic nitrogens is 2. The smallest absolute Gasteiger partial charge is 0.352 e. The van der Waals surface area contributed by atoms with Crippen LogP contribution in [0.3, 0.4) is 0 Å². The van der Waals surface area contributed by atoms with Crippen molar-refractivity contribution in [3.8, 4) is 0 Å². The van der Waals surface area contributed by atoms with Gasteiger partial charge in [-0.25, -0.2) is 0 Å². The van der Waals surface area contributed by atoms with Gasteiger partial charge in [-0.1, -0.05) is 38.1 Å². The topological polar surface area (TPSA) is 78.6 Å². The summed E-state index contributed by atoms with van der Waals surface area (Å²) < 4.78 is 43.4. The molecule has 10 heteroatoms. The Morgan fingerprint density at radius 3 is 2.52 bits per heavy atom. The summed E-state index contributed by atoms with van der Waals surface area (Å²) in [5.74, 6) is 1.79. The Morgan fingerprint density at radius 2 is 1.94 bits per heavy atom. The van der Waals surface area contributed by atoms with E-state index in [1.165, 1.54) is 0 Å². The van der Waals surface area contributed by atoms with Crippen LogP contribution in [0.2, 0.25) is 0 Å². The average molecular weight is 438 g/mol. The van der Waals surface area contributed by atoms with Gasteiger partial charge >= 0.3 is 6.18 Å². The van der Waals surface area contributed by atoms with Gasteiger partial charge in [0.2, 0.25) is 5.89 Å². The highest BCUT2D eigenvalue weighted by Gasteiger charge is 2.30. The van der Waals surface area contributed by atoms with Crippen molar-refractivity contribution >= 4 is 5.96 Å². The molecule has 31 heavy (non-hydrogen) atoms. The third-order valence-corrected chi connectivity index (χ3v) is 5.05. The van der Waals surface area contributed by atoms with Gasteiger partial charge in [-0.2, -0.15) is 18.2 Å². The van der Waals surface area contributed by atoms with E-state index < -0.39 is 11.7 Å². The molecule has 1 unspecified atom stereocenters. The maximum atomic E-state index is 12.7. The van der Waals surface area contributed by atoms with E-state index in [-0.39, 0.29) is 11.5 Å². The highest BCUT2D eigenvalue weighted by Crippen LogP contribution is 2.29. The van der Waals surface area contributed by atoms with Crippen LogP contribution in [-0.2, 0) is 24.7 Å². The van der Waals surface area contributed by atoms with Crippen molar-refractivity contribution in [2.24, 2.45) is 4.99 Å². The zero-order valence-corrected chi connectivity index (χ0v) is 18.3. The van der Waals surface area contributed by atoms with Gasteiger partial charge in [-0.15, -0.1) is 0 Å². The van der Waals surface area contributed by atoms with E-state index in [9.17, 15) is 13.2 Å². The van der Waals surface area contributed by atoms with Crippen molar-refractivity contribution < 1.29 is 17.7 Å². The Morgan fingerprint density at radius 1 is 1.23 bits per heavy atom. The van der Waals surface area contributed by atoms with Crippen molar-refractivity contribution in [1.29, 1.82) is 0 Å². The summed E-state index contributed by atoms with van der Waals surface area (Å²) in [6, 6.07) is 5.55. The first kappa shape index (κ1) is 23.1. The fourth-order valence-electron chi connectivity index (χ4n) is 3.33. The van der Waals surface area contributed by atoms with Gasteiger partial charge in [0.15, 0.2) is 11.8 Å². The fourth-order valence-corrected chi connectivity index (χ4v) is 3.33. The standard InChI is InChI=1S/C21H29F3N6O/c1-20(2,3)18-28-17(29-31-18)11-26-19(25-4)27-16-9-10-30(13-16)12-14-5-7-15(8-6-14)21(22,23)24/h5-8,16H,9-13H2,1-4H3,(H2,25,26,27). The number of hydrogen-bond acceptors (Lipinski definition) is 5. The van der Waals surface area contributed by atoms with Crippen LogP contribution >= 0.6 is 0 Å². The predicted octanol–water partition coefficient (Wildman–Crippen LogP) is 3.33. The molecule has 1 atom stereocenters. The molecule has 1 saturated heterocycles. The lowest BCUT2D eigenvalue weighted by Crippen LogP contribution is -2.44. The Kier molecular flexibility index (Phi) is 6.88. The summed E-state index contributed by atoms with van der Waals surface area (Å²) >= 11 is 0. The van der Waals surface area contributed by atoms with Gasteiger partial charge in [-0.3, -0.25) is 9.89 Å². The monoisotopic (exact) mass is 438 g/mol. The van der Waals surface area contributed by atoms with Crippen molar-refractivity contribution in [2.45, 2.75) is 57.9 Å². The molecule has 2 N–H and O–H groups in total. The van der Waals surface area contributed by atoms with Crippen LogP contribution < -0.4 is 10.6 Å². The number of nitrogens with one attached hydrogen (secondary N) is 2. The molecule has 0 aliphatic carbocycles. The number of likely N-dealkylation sites (tertiary alicyclic amines) is 1. The van der Waals surface area contributed by atoms with E-state index in [2.05, 4.69) is 30.7 Å². The molecule has 7 nitrogen and oxygen atoms in total. The van der Waals surface area contributed by atoms with Crippen LogP contribution in [0.1, 0.15) is 50.0 Å². The highest BCUT2D eigenvalue weighted by atomic mass is 19.4. The lowest BCUT2D eigenvalue weighted by molar-refractivity contribution is -0.137. The third kappa shape index (κ3) is 6.43. The SMILES string of the molecule is CN=C(NCc1noc(C(C)(C)C)n1)NC1CCN(Cc2ccc(C(F)(F)F)cc2)C1. The normalized spacial score (nSPS) is 18.4. The Labute approximate surface area is 180 Å². The Hall–Kier alpha value is -2.62. The molecule has 0 radical (unpaired) electrons. The van der Waals surface area contributed by atoms with E-state index in [0.717, 1.165) is 37.2 Å². The van der Waals surface area contributed by atoms with Gasteiger partial charge in [0.05, 0.1) is 12.1 Å². The van der Waals surface area contributed by atoms with Crippen LogP contribution in [0.4, 0.5) is 13.2 Å². The second-order valence-corrected chi connectivity index (χ2v) is 8.75. The first-order chi connectivity index (χ1) is 14.5. The number of hydrogen-bond donors (Lipinski definition) is 2. The number of halogens is 3. The summed E-state index contributed by atoms with van der Waals surface area (Å²) in [6.45, 7) is 8.66. The number of guanidine groups is 1. The summed E-state index contributed by atoms with van der Waals surface area (Å²) in [6.07, 6.45) is -3.39. The first-order valence-corrected chi connectivity index (χ1v) is 10.2. The van der Waals surface area contributed by atoms with Crippen molar-refractivity contribution in [1.82, 2.24) is 25.7 Å². The van der Waals surface area contributed by atoms with Gasteiger partial charge in [0.25, 0.3) is 0 Å². The highest BCUT2D eigenvalue weighted by molar-refractivity contribution is 5.79. The van der Waals surface area contributed by atoms with Crippen LogP contribution in [-0.4, -0.2) is 47.2 Å². The number of alkyl halides is 3. The minimum Gasteiger partial charge on any atom is -0.352 e. The molecule has 2 aromatic rings. The van der Waals surface area contributed by atoms with Crippen molar-refractivity contribution in [3.63, 3.8) is 0 Å². The van der Waals surface area contributed by atoms with E-state index in [0.29, 0.717) is 30.8 Å². The van der Waals surface area contributed by atoms with E-state index in [4.69, 9.17) is 4.52 Å². The van der Waals surface area contributed by atoms with Crippen LogP contribution in [0.15, 0.2) is 33.8 Å². The lowest BCUT2D eigenvalue weighted by Gasteiger charge is -2.19. The fraction of sp³-hybridized carbons (Fsp3) is 0.571. The minimum absolute atomic E-state index is 0.191. The predicted molar refractivity (Wildman–Crippen MR) is 111 cm³/mol. The summed E-state index contributed by atoms with van der Waals surface area (Å²) in [5.41, 5.74) is 0.0390. The maximum Gasteiger partial charge on any atom is 0.416 e. The van der Waals surface area contributed by atoms with Crippen LogP contribution in [0.5, 0.6) is 0 Å². The largest absolute Gasteiger partial charge is 0.416 e. The quantitative estimate of drug-likeness (QED) is 0.551. The molecule has 3 rings (SSSR count). The molecule has 0 amide bonds. The number of benzene rings is 1. The lowest BCUT2D eigenvalue weighted by atomic mass is 9.97. The van der Waals surface area contributed by atoms with E-state index >= 15 is 0 Å². The Bertz CT molecular complexity index is 886. The molecule has 170 valence electrons. The molecule has 1 aromatic carbocycles. The number of aliphatic imine (C=N–C) groups is 1. The molecule has 0 bridgehead atoms. The van der Waals surface area contributed by atoms with Gasteiger partial charge < -0.3 is 15.2 Å². The van der Waals surface area contributed by atoms with Gasteiger partial charge in [0.1, 0.15) is 0 Å².